The Bertz CT molecular complexity index is 491. The van der Waals surface area contributed by atoms with E-state index in [0.717, 1.165) is 10.9 Å². The molecule has 0 aliphatic heterocycles. The van der Waals surface area contributed by atoms with E-state index in [9.17, 15) is 4.79 Å². The van der Waals surface area contributed by atoms with Crippen molar-refractivity contribution in [3.05, 3.63) is 34.3 Å². The molecular formula is C15H23BrN4O. The molecule has 5 nitrogen and oxygen atoms in total. The van der Waals surface area contributed by atoms with Crippen LogP contribution in [0.4, 0.5) is 0 Å². The summed E-state index contributed by atoms with van der Waals surface area (Å²) in [4.78, 5) is 16.1. The number of carbonyl (C=O) groups is 1. The van der Waals surface area contributed by atoms with E-state index in [1.807, 2.05) is 32.9 Å². The molecule has 0 aromatic heterocycles. The van der Waals surface area contributed by atoms with Gasteiger partial charge in [-0.2, -0.15) is 0 Å². The van der Waals surface area contributed by atoms with Crippen molar-refractivity contribution in [3.8, 4) is 0 Å². The highest BCUT2D eigenvalue weighted by molar-refractivity contribution is 9.10. The topological polar surface area (TPSA) is 79.5 Å². The molecule has 0 bridgehead atoms. The van der Waals surface area contributed by atoms with Gasteiger partial charge < -0.3 is 16.4 Å². The zero-order valence-corrected chi connectivity index (χ0v) is 14.3. The van der Waals surface area contributed by atoms with E-state index in [2.05, 4.69) is 31.6 Å². The van der Waals surface area contributed by atoms with Crippen LogP contribution in [0.1, 0.15) is 37.6 Å². The van der Waals surface area contributed by atoms with Gasteiger partial charge in [0.25, 0.3) is 5.91 Å². The lowest BCUT2D eigenvalue weighted by molar-refractivity contribution is 0.0953. The van der Waals surface area contributed by atoms with Gasteiger partial charge in [-0.3, -0.25) is 9.79 Å². The summed E-state index contributed by atoms with van der Waals surface area (Å²) in [6.07, 6.45) is 0.745. The first-order valence-electron chi connectivity index (χ1n) is 6.90. The standard InChI is InChI=1S/C15H23BrN4O/c1-15(2,3)20-14(17)19-10-4-9-18-13(21)11-5-7-12(16)8-6-11/h5-8H,4,9-10H2,1-3H3,(H,18,21)(H3,17,19,20). The second-order valence-corrected chi connectivity index (χ2v) is 6.67. The molecule has 0 aliphatic carbocycles. The van der Waals surface area contributed by atoms with Crippen LogP contribution < -0.4 is 16.4 Å². The fourth-order valence-corrected chi connectivity index (χ4v) is 1.87. The van der Waals surface area contributed by atoms with E-state index < -0.39 is 0 Å². The van der Waals surface area contributed by atoms with Gasteiger partial charge >= 0.3 is 0 Å². The molecule has 1 rings (SSSR count). The maximum absolute atomic E-state index is 11.8. The van der Waals surface area contributed by atoms with Crippen LogP contribution in [0.2, 0.25) is 0 Å². The fourth-order valence-electron chi connectivity index (χ4n) is 1.61. The van der Waals surface area contributed by atoms with Crippen molar-refractivity contribution in [1.82, 2.24) is 10.6 Å². The average molecular weight is 355 g/mol. The Labute approximate surface area is 134 Å². The summed E-state index contributed by atoms with van der Waals surface area (Å²) in [5.74, 6) is 0.356. The van der Waals surface area contributed by atoms with E-state index in [1.165, 1.54) is 0 Å². The summed E-state index contributed by atoms with van der Waals surface area (Å²) in [7, 11) is 0. The molecule has 116 valence electrons. The van der Waals surface area contributed by atoms with Crippen molar-refractivity contribution in [3.63, 3.8) is 0 Å². The molecule has 0 aliphatic rings. The number of nitrogens with zero attached hydrogens (tertiary/aromatic N) is 1. The van der Waals surface area contributed by atoms with Crippen LogP contribution in [0.5, 0.6) is 0 Å². The highest BCUT2D eigenvalue weighted by Crippen LogP contribution is 2.10. The SMILES string of the molecule is CC(C)(C)NC(N)=NCCCNC(=O)c1ccc(Br)cc1. The molecule has 0 atom stereocenters. The maximum atomic E-state index is 11.8. The van der Waals surface area contributed by atoms with Crippen LogP contribution in [0.25, 0.3) is 0 Å². The molecule has 0 fully saturated rings. The first kappa shape index (κ1) is 17.5. The molecule has 0 saturated carbocycles. The number of aliphatic imine (C=N–C) groups is 1. The molecule has 6 heteroatoms. The normalized spacial score (nSPS) is 12.1. The molecule has 0 saturated heterocycles. The summed E-state index contributed by atoms with van der Waals surface area (Å²) in [6, 6.07) is 7.25. The van der Waals surface area contributed by atoms with E-state index in [0.29, 0.717) is 24.6 Å². The third-order valence-electron chi connectivity index (χ3n) is 2.51. The largest absolute Gasteiger partial charge is 0.370 e. The Morgan fingerprint density at radius 1 is 1.29 bits per heavy atom. The Balaban J connectivity index is 2.26. The van der Waals surface area contributed by atoms with Crippen molar-refractivity contribution in [2.75, 3.05) is 13.1 Å². The van der Waals surface area contributed by atoms with E-state index in [-0.39, 0.29) is 11.4 Å². The minimum Gasteiger partial charge on any atom is -0.370 e. The van der Waals surface area contributed by atoms with Gasteiger partial charge in [0.15, 0.2) is 5.96 Å². The van der Waals surface area contributed by atoms with E-state index in [1.54, 1.807) is 12.1 Å². The molecule has 0 unspecified atom stereocenters. The third kappa shape index (κ3) is 7.70. The number of rotatable bonds is 5. The first-order valence-corrected chi connectivity index (χ1v) is 7.69. The molecule has 1 aromatic rings. The Kier molecular flexibility index (Phi) is 6.68. The lowest BCUT2D eigenvalue weighted by Gasteiger charge is -2.20. The Morgan fingerprint density at radius 3 is 2.48 bits per heavy atom. The quantitative estimate of drug-likeness (QED) is 0.431. The smallest absolute Gasteiger partial charge is 0.251 e. The predicted molar refractivity (Wildman–Crippen MR) is 90.5 cm³/mol. The van der Waals surface area contributed by atoms with Crippen LogP contribution in [0, 0.1) is 0 Å². The van der Waals surface area contributed by atoms with Crippen molar-refractivity contribution < 1.29 is 4.79 Å². The van der Waals surface area contributed by atoms with Gasteiger partial charge in [-0.15, -0.1) is 0 Å². The average Bonchev–Trinajstić information content (AvgIpc) is 2.36. The highest BCUT2D eigenvalue weighted by Gasteiger charge is 2.09. The van der Waals surface area contributed by atoms with Crippen LogP contribution in [0.15, 0.2) is 33.7 Å². The molecular weight excluding hydrogens is 332 g/mol. The molecule has 1 aromatic carbocycles. The Morgan fingerprint density at radius 2 is 1.90 bits per heavy atom. The number of nitrogens with two attached hydrogens (primary N) is 1. The van der Waals surface area contributed by atoms with Crippen molar-refractivity contribution in [2.45, 2.75) is 32.7 Å². The van der Waals surface area contributed by atoms with Crippen molar-refractivity contribution in [2.24, 2.45) is 10.7 Å². The number of hydrogen-bond donors (Lipinski definition) is 3. The van der Waals surface area contributed by atoms with Gasteiger partial charge in [0.05, 0.1) is 0 Å². The number of amides is 1. The van der Waals surface area contributed by atoms with Crippen LogP contribution >= 0.6 is 15.9 Å². The second-order valence-electron chi connectivity index (χ2n) is 5.76. The highest BCUT2D eigenvalue weighted by atomic mass is 79.9. The summed E-state index contributed by atoms with van der Waals surface area (Å²) in [5.41, 5.74) is 6.31. The lowest BCUT2D eigenvalue weighted by Crippen LogP contribution is -2.45. The molecule has 0 heterocycles. The maximum Gasteiger partial charge on any atom is 0.251 e. The fraction of sp³-hybridized carbons (Fsp3) is 0.467. The molecule has 0 spiro atoms. The van der Waals surface area contributed by atoms with Crippen LogP contribution in [-0.2, 0) is 0 Å². The number of benzene rings is 1. The first-order chi connectivity index (χ1) is 9.78. The monoisotopic (exact) mass is 354 g/mol. The summed E-state index contributed by atoms with van der Waals surface area (Å²) >= 11 is 3.34. The van der Waals surface area contributed by atoms with Gasteiger partial charge in [-0.1, -0.05) is 15.9 Å². The van der Waals surface area contributed by atoms with Crippen LogP contribution in [0.3, 0.4) is 0 Å². The van der Waals surface area contributed by atoms with Crippen molar-refractivity contribution >= 4 is 27.8 Å². The van der Waals surface area contributed by atoms with Gasteiger partial charge in [0.1, 0.15) is 0 Å². The molecule has 1 amide bonds. The van der Waals surface area contributed by atoms with Gasteiger partial charge in [0, 0.05) is 28.7 Å². The zero-order valence-electron chi connectivity index (χ0n) is 12.7. The van der Waals surface area contributed by atoms with Crippen LogP contribution in [-0.4, -0.2) is 30.5 Å². The Hall–Kier alpha value is -1.56. The minimum atomic E-state index is -0.0939. The minimum absolute atomic E-state index is 0.0766. The summed E-state index contributed by atoms with van der Waals surface area (Å²) in [6.45, 7) is 7.21. The van der Waals surface area contributed by atoms with Gasteiger partial charge in [-0.05, 0) is 51.5 Å². The lowest BCUT2D eigenvalue weighted by atomic mass is 10.1. The number of halogens is 1. The molecule has 21 heavy (non-hydrogen) atoms. The van der Waals surface area contributed by atoms with E-state index >= 15 is 0 Å². The summed E-state index contributed by atoms with van der Waals surface area (Å²) in [5, 5.41) is 5.94. The predicted octanol–water partition coefficient (Wildman–Crippen LogP) is 2.27. The van der Waals surface area contributed by atoms with Crippen molar-refractivity contribution in [1.29, 1.82) is 0 Å². The summed E-state index contributed by atoms with van der Waals surface area (Å²) < 4.78 is 0.954. The van der Waals surface area contributed by atoms with Gasteiger partial charge in [-0.25, -0.2) is 0 Å². The molecule has 4 N–H and O–H groups in total. The number of nitrogens with one attached hydrogen (secondary N) is 2. The molecule has 0 radical (unpaired) electrons. The third-order valence-corrected chi connectivity index (χ3v) is 3.04. The number of guanidine groups is 1. The zero-order chi connectivity index (χ0) is 15.9. The second kappa shape index (κ2) is 8.02. The number of carbonyl (C=O) groups excluding carboxylic acids is 1. The number of hydrogen-bond acceptors (Lipinski definition) is 2. The van der Waals surface area contributed by atoms with Gasteiger partial charge in [0.2, 0.25) is 0 Å². The van der Waals surface area contributed by atoms with E-state index in [4.69, 9.17) is 5.73 Å².